The molecule has 204 valence electrons. The van der Waals surface area contributed by atoms with Gasteiger partial charge >= 0.3 is 5.97 Å². The molecule has 1 saturated carbocycles. The van der Waals surface area contributed by atoms with Crippen LogP contribution in [0.3, 0.4) is 0 Å². The Morgan fingerprint density at radius 2 is 1.97 bits per heavy atom. The molecule has 38 heavy (non-hydrogen) atoms. The third-order valence-electron chi connectivity index (χ3n) is 7.34. The van der Waals surface area contributed by atoms with Crippen LogP contribution in [0.2, 0.25) is 0 Å². The van der Waals surface area contributed by atoms with E-state index in [1.165, 1.54) is 0 Å². The molecule has 2 aromatic carbocycles. The van der Waals surface area contributed by atoms with E-state index in [2.05, 4.69) is 9.13 Å². The van der Waals surface area contributed by atoms with Crippen molar-refractivity contribution in [3.8, 4) is 11.5 Å². The third kappa shape index (κ3) is 5.71. The number of halogens is 3. The highest BCUT2D eigenvalue weighted by Crippen LogP contribution is 2.47. The summed E-state index contributed by atoms with van der Waals surface area (Å²) in [7, 11) is 0. The molecule has 0 radical (unpaired) electrons. The van der Waals surface area contributed by atoms with Crippen molar-refractivity contribution in [2.24, 2.45) is 5.92 Å². The Labute approximate surface area is 230 Å². The van der Waals surface area contributed by atoms with Gasteiger partial charge in [0.05, 0.1) is 13.2 Å². The molecule has 10 heteroatoms. The van der Waals surface area contributed by atoms with Crippen molar-refractivity contribution in [2.75, 3.05) is 13.4 Å². The predicted octanol–water partition coefficient (Wildman–Crippen LogP) is 1.12. The molecule has 2 aliphatic rings. The highest BCUT2D eigenvalue weighted by atomic mass is 79.9. The first-order valence-electron chi connectivity index (χ1n) is 12.5. The highest BCUT2D eigenvalue weighted by Gasteiger charge is 2.54. The molecule has 0 spiro atoms. The van der Waals surface area contributed by atoms with Crippen molar-refractivity contribution in [1.29, 1.82) is 0 Å². The van der Waals surface area contributed by atoms with Gasteiger partial charge < -0.3 is 36.3 Å². The molecule has 2 heterocycles. The molecule has 1 aromatic heterocycles. The normalized spacial score (nSPS) is 19.0. The van der Waals surface area contributed by atoms with Crippen molar-refractivity contribution in [2.45, 2.75) is 57.2 Å². The summed E-state index contributed by atoms with van der Waals surface area (Å²) in [4.78, 5) is 13.1. The minimum absolute atomic E-state index is 0. The van der Waals surface area contributed by atoms with Gasteiger partial charge in [-0.25, -0.2) is 22.7 Å². The molecule has 5 rings (SSSR count). The lowest BCUT2D eigenvalue weighted by Crippen LogP contribution is -3.00. The van der Waals surface area contributed by atoms with Gasteiger partial charge in [0.2, 0.25) is 12.7 Å². The van der Waals surface area contributed by atoms with Gasteiger partial charge in [-0.05, 0) is 29.7 Å². The van der Waals surface area contributed by atoms with Crippen LogP contribution in [-0.4, -0.2) is 35.0 Å². The molecule has 0 amide bonds. The molecule has 1 fully saturated rings. The smallest absolute Gasteiger partial charge is 0.343 e. The molecule has 2 atom stereocenters. The Bertz CT molecular complexity index is 1270. The predicted molar refractivity (Wildman–Crippen MR) is 129 cm³/mol. The van der Waals surface area contributed by atoms with E-state index in [1.54, 1.807) is 30.3 Å². The Hall–Kier alpha value is -2.98. The summed E-state index contributed by atoms with van der Waals surface area (Å²) in [5.74, 6) is -2.15. The second-order valence-electron chi connectivity index (χ2n) is 9.77. The molecule has 7 nitrogen and oxygen atoms in total. The van der Waals surface area contributed by atoms with Crippen LogP contribution in [0, 0.1) is 12.8 Å². The van der Waals surface area contributed by atoms with Crippen LogP contribution in [0.25, 0.3) is 0 Å². The minimum atomic E-state index is -2.89. The molecule has 0 saturated heterocycles. The number of hydrogen-bond acceptors (Lipinski definition) is 5. The van der Waals surface area contributed by atoms with Crippen molar-refractivity contribution in [3.63, 3.8) is 0 Å². The molecule has 1 aliphatic heterocycles. The van der Waals surface area contributed by atoms with E-state index in [4.69, 9.17) is 14.2 Å². The maximum atomic E-state index is 14.0. The van der Waals surface area contributed by atoms with Crippen molar-refractivity contribution in [1.82, 2.24) is 4.57 Å². The van der Waals surface area contributed by atoms with Crippen LogP contribution in [0.1, 0.15) is 42.6 Å². The number of rotatable bonds is 9. The third-order valence-corrected chi connectivity index (χ3v) is 7.34. The van der Waals surface area contributed by atoms with Crippen LogP contribution >= 0.6 is 0 Å². The number of aromatic nitrogens is 2. The maximum absolute atomic E-state index is 14.0. The van der Waals surface area contributed by atoms with Crippen molar-refractivity contribution in [3.05, 3.63) is 77.9 Å². The van der Waals surface area contributed by atoms with Gasteiger partial charge in [0, 0.05) is 32.1 Å². The summed E-state index contributed by atoms with van der Waals surface area (Å²) < 4.78 is 48.4. The average Bonchev–Trinajstić information content (AvgIpc) is 3.60. The van der Waals surface area contributed by atoms with Gasteiger partial charge in [0.15, 0.2) is 17.1 Å². The van der Waals surface area contributed by atoms with E-state index < -0.39 is 29.8 Å². The molecular formula is C28H31BrF2N2O5. The SMILES string of the molecule is Cc1n(CCCOC(=O)C(O)(c2ccccc2)C2CCC(F)(F)C2)cc[n+]1Cc1ccc2c(c1)OCO2.[Br-]. The fourth-order valence-corrected chi connectivity index (χ4v) is 5.21. The number of fused-ring (bicyclic) bond motifs is 1. The summed E-state index contributed by atoms with van der Waals surface area (Å²) >= 11 is 0. The number of aliphatic hydroxyl groups is 1. The summed E-state index contributed by atoms with van der Waals surface area (Å²) in [6.07, 6.45) is 3.63. The Morgan fingerprint density at radius 1 is 1.21 bits per heavy atom. The quantitative estimate of drug-likeness (QED) is 0.229. The van der Waals surface area contributed by atoms with Gasteiger partial charge in [-0.1, -0.05) is 36.4 Å². The summed E-state index contributed by atoms with van der Waals surface area (Å²) in [6.45, 7) is 3.57. The van der Waals surface area contributed by atoms with Gasteiger partial charge in [0.25, 0.3) is 5.82 Å². The minimum Gasteiger partial charge on any atom is -1.00 e. The van der Waals surface area contributed by atoms with Crippen molar-refractivity contribution >= 4 is 5.97 Å². The molecular weight excluding hydrogens is 562 g/mol. The first kappa shape index (κ1) is 28.0. The largest absolute Gasteiger partial charge is 1.00 e. The fourth-order valence-electron chi connectivity index (χ4n) is 5.21. The van der Waals surface area contributed by atoms with E-state index >= 15 is 0 Å². The van der Waals surface area contributed by atoms with E-state index in [0.717, 1.165) is 22.9 Å². The molecule has 3 aromatic rings. The number of nitrogens with zero attached hydrogens (tertiary/aromatic N) is 2. The maximum Gasteiger partial charge on any atom is 0.343 e. The Kier molecular flexibility index (Phi) is 8.42. The van der Waals surface area contributed by atoms with Gasteiger partial charge in [0.1, 0.15) is 18.9 Å². The average molecular weight is 593 g/mol. The number of carbonyl (C=O) groups excluding carboxylic acids is 1. The first-order valence-corrected chi connectivity index (χ1v) is 12.5. The highest BCUT2D eigenvalue weighted by molar-refractivity contribution is 5.81. The van der Waals surface area contributed by atoms with E-state index in [1.807, 2.05) is 37.5 Å². The topological polar surface area (TPSA) is 73.8 Å². The zero-order chi connectivity index (χ0) is 26.0. The van der Waals surface area contributed by atoms with E-state index in [-0.39, 0.29) is 48.8 Å². The summed E-state index contributed by atoms with van der Waals surface area (Å²) in [5, 5.41) is 11.4. The zero-order valence-corrected chi connectivity index (χ0v) is 22.7. The number of hydrogen-bond donors (Lipinski definition) is 1. The number of ether oxygens (including phenoxy) is 3. The first-order chi connectivity index (χ1) is 17.8. The number of aryl methyl sites for hydroxylation is 1. The van der Waals surface area contributed by atoms with Crippen LogP contribution in [0.5, 0.6) is 11.5 Å². The number of carbonyl (C=O) groups is 1. The molecule has 1 N–H and O–H groups in total. The molecule has 1 aliphatic carbocycles. The summed E-state index contributed by atoms with van der Waals surface area (Å²) in [5.41, 5.74) is -0.728. The lowest BCUT2D eigenvalue weighted by molar-refractivity contribution is -0.694. The van der Waals surface area contributed by atoms with Crippen molar-refractivity contribution < 1.29 is 54.4 Å². The lowest BCUT2D eigenvalue weighted by Gasteiger charge is -2.32. The second-order valence-corrected chi connectivity index (χ2v) is 9.77. The fraction of sp³-hybridized carbons (Fsp3) is 0.429. The van der Waals surface area contributed by atoms with Gasteiger partial charge in [-0.3, -0.25) is 0 Å². The van der Waals surface area contributed by atoms with Crippen LogP contribution in [-0.2, 0) is 28.2 Å². The Morgan fingerprint density at radius 3 is 2.71 bits per heavy atom. The van der Waals surface area contributed by atoms with Crippen LogP contribution in [0.4, 0.5) is 8.78 Å². The van der Waals surface area contributed by atoms with E-state index in [9.17, 15) is 18.7 Å². The van der Waals surface area contributed by atoms with Crippen LogP contribution in [0.15, 0.2) is 60.9 Å². The van der Waals surface area contributed by atoms with E-state index in [0.29, 0.717) is 19.5 Å². The van der Waals surface area contributed by atoms with Gasteiger partial charge in [-0.2, -0.15) is 0 Å². The van der Waals surface area contributed by atoms with Crippen LogP contribution < -0.4 is 31.0 Å². The molecule has 2 unspecified atom stereocenters. The number of alkyl halides is 2. The number of esters is 1. The monoisotopic (exact) mass is 592 g/mol. The molecule has 0 bridgehead atoms. The standard InChI is InChI=1S/C28H31F2N2O5.BrH/c1-20-31(13-14-32(20)18-21-8-9-24-25(16-21)37-19-36-24)12-5-15-35-26(33)28(34,22-6-3-2-4-7-22)23-10-11-27(29,30)17-23;/h2-4,6-9,13-14,16,23,34H,5,10-12,15,17-19H2,1H3;1H/q+1;/p-1. The second kappa shape index (κ2) is 11.4. The lowest BCUT2D eigenvalue weighted by atomic mass is 9.80. The summed E-state index contributed by atoms with van der Waals surface area (Å²) in [6, 6.07) is 14.1. The Balaban J connectivity index is 0.00000336. The number of benzene rings is 2. The van der Waals surface area contributed by atoms with Gasteiger partial charge in [-0.15, -0.1) is 0 Å². The zero-order valence-electron chi connectivity index (χ0n) is 21.1. The number of imidazole rings is 1.